The summed E-state index contributed by atoms with van der Waals surface area (Å²) in [4.78, 5) is 11.5. The third-order valence-electron chi connectivity index (χ3n) is 5.94. The van der Waals surface area contributed by atoms with E-state index in [2.05, 4.69) is 30.3 Å². The molecule has 4 aliphatic rings. The highest BCUT2D eigenvalue weighted by Gasteiger charge is 2.57. The fourth-order valence-electron chi connectivity index (χ4n) is 5.57. The molecule has 0 heterocycles. The zero-order valence-electron chi connectivity index (χ0n) is 11.1. The lowest BCUT2D eigenvalue weighted by atomic mass is 9.45. The predicted octanol–water partition coefficient (Wildman–Crippen LogP) is 3.47. The molecule has 4 saturated carbocycles. The van der Waals surface area contributed by atoms with Crippen LogP contribution in [0.15, 0.2) is 30.3 Å². The maximum absolute atomic E-state index is 11.5. The Morgan fingerprint density at radius 3 is 2.26 bits per heavy atom. The molecule has 1 aromatic rings. The molecule has 0 amide bonds. The van der Waals surface area contributed by atoms with Crippen LogP contribution in [-0.2, 0) is 10.2 Å². The van der Waals surface area contributed by atoms with E-state index in [4.69, 9.17) is 0 Å². The molecule has 1 N–H and O–H groups in total. The molecule has 2 nitrogen and oxygen atoms in total. The standard InChI is InChI=1S/C17H20O2/c18-16(19)15-12-6-11-7-13(15)10-17(8-11,9-12)14-4-2-1-3-5-14/h1-5,11-13,15H,6-10H2,(H,18,19). The van der Waals surface area contributed by atoms with E-state index in [1.807, 2.05) is 0 Å². The van der Waals surface area contributed by atoms with Gasteiger partial charge in [-0.25, -0.2) is 0 Å². The van der Waals surface area contributed by atoms with Crippen LogP contribution in [0.3, 0.4) is 0 Å². The van der Waals surface area contributed by atoms with Crippen molar-refractivity contribution in [2.45, 2.75) is 37.5 Å². The summed E-state index contributed by atoms with van der Waals surface area (Å²) in [5.41, 5.74) is 1.75. The van der Waals surface area contributed by atoms with Crippen LogP contribution < -0.4 is 0 Å². The van der Waals surface area contributed by atoms with Crippen LogP contribution in [0, 0.1) is 23.7 Å². The van der Waals surface area contributed by atoms with Crippen molar-refractivity contribution in [1.82, 2.24) is 0 Å². The molecule has 0 saturated heterocycles. The zero-order chi connectivity index (χ0) is 13.0. The van der Waals surface area contributed by atoms with Crippen molar-refractivity contribution in [3.05, 3.63) is 35.9 Å². The van der Waals surface area contributed by atoms with Gasteiger partial charge < -0.3 is 5.11 Å². The van der Waals surface area contributed by atoms with Crippen LogP contribution >= 0.6 is 0 Å². The molecular weight excluding hydrogens is 236 g/mol. The number of hydrogen-bond acceptors (Lipinski definition) is 1. The van der Waals surface area contributed by atoms with Crippen LogP contribution in [0.2, 0.25) is 0 Å². The lowest BCUT2D eigenvalue weighted by Gasteiger charge is -2.59. The Bertz CT molecular complexity index is 491. The fourth-order valence-corrected chi connectivity index (χ4v) is 5.57. The van der Waals surface area contributed by atoms with E-state index in [9.17, 15) is 9.90 Å². The van der Waals surface area contributed by atoms with Gasteiger partial charge in [0.25, 0.3) is 0 Å². The normalized spacial score (nSPS) is 43.4. The molecule has 5 rings (SSSR count). The molecule has 4 fully saturated rings. The quantitative estimate of drug-likeness (QED) is 0.879. The molecule has 4 aliphatic carbocycles. The molecule has 19 heavy (non-hydrogen) atoms. The highest BCUT2D eigenvalue weighted by Crippen LogP contribution is 2.62. The van der Waals surface area contributed by atoms with Crippen molar-refractivity contribution in [2.24, 2.45) is 23.7 Å². The molecule has 0 aliphatic heterocycles. The van der Waals surface area contributed by atoms with E-state index < -0.39 is 5.97 Å². The van der Waals surface area contributed by atoms with Crippen LogP contribution in [0.25, 0.3) is 0 Å². The van der Waals surface area contributed by atoms with Gasteiger partial charge >= 0.3 is 5.97 Å². The first kappa shape index (κ1) is 11.5. The van der Waals surface area contributed by atoms with Crippen LogP contribution in [0.5, 0.6) is 0 Å². The van der Waals surface area contributed by atoms with Crippen LogP contribution in [0.1, 0.15) is 37.7 Å². The van der Waals surface area contributed by atoms with Crippen molar-refractivity contribution in [3.8, 4) is 0 Å². The molecule has 2 atom stereocenters. The summed E-state index contributed by atoms with van der Waals surface area (Å²) in [6, 6.07) is 10.8. The van der Waals surface area contributed by atoms with Crippen LogP contribution in [0.4, 0.5) is 0 Å². The summed E-state index contributed by atoms with van der Waals surface area (Å²) in [5.74, 6) is 1.01. The van der Waals surface area contributed by atoms with Gasteiger partial charge in [0, 0.05) is 0 Å². The summed E-state index contributed by atoms with van der Waals surface area (Å²) in [6.45, 7) is 0. The van der Waals surface area contributed by atoms with Crippen molar-refractivity contribution in [1.29, 1.82) is 0 Å². The van der Waals surface area contributed by atoms with Gasteiger partial charge in [-0.1, -0.05) is 30.3 Å². The number of aliphatic carboxylic acids is 1. The number of carboxylic acid groups (broad SMARTS) is 1. The fraction of sp³-hybridized carbons (Fsp3) is 0.588. The van der Waals surface area contributed by atoms with E-state index in [1.54, 1.807) is 0 Å². The van der Waals surface area contributed by atoms with E-state index in [0.717, 1.165) is 31.6 Å². The number of hydrogen-bond donors (Lipinski definition) is 1. The molecule has 2 unspecified atom stereocenters. The number of carboxylic acids is 1. The van der Waals surface area contributed by atoms with Crippen molar-refractivity contribution < 1.29 is 9.90 Å². The average molecular weight is 256 g/mol. The molecule has 1 aromatic carbocycles. The summed E-state index contributed by atoms with van der Waals surface area (Å²) in [6.07, 6.45) is 5.79. The lowest BCUT2D eigenvalue weighted by Crippen LogP contribution is -2.54. The van der Waals surface area contributed by atoms with E-state index in [-0.39, 0.29) is 5.92 Å². The number of benzene rings is 1. The Kier molecular flexibility index (Phi) is 2.33. The van der Waals surface area contributed by atoms with Gasteiger partial charge in [-0.2, -0.15) is 0 Å². The van der Waals surface area contributed by atoms with E-state index in [0.29, 0.717) is 17.3 Å². The van der Waals surface area contributed by atoms with Gasteiger partial charge in [0.15, 0.2) is 0 Å². The number of rotatable bonds is 2. The van der Waals surface area contributed by atoms with Gasteiger partial charge in [0.2, 0.25) is 0 Å². The minimum atomic E-state index is -0.544. The third kappa shape index (κ3) is 1.58. The Labute approximate surface area is 113 Å². The van der Waals surface area contributed by atoms with Gasteiger partial charge in [-0.3, -0.25) is 4.79 Å². The van der Waals surface area contributed by atoms with Gasteiger partial charge in [-0.05, 0) is 60.8 Å². The second kappa shape index (κ2) is 3.84. The summed E-state index contributed by atoms with van der Waals surface area (Å²) >= 11 is 0. The minimum Gasteiger partial charge on any atom is -0.481 e. The second-order valence-electron chi connectivity index (χ2n) is 6.98. The molecule has 0 aromatic heterocycles. The molecule has 0 spiro atoms. The minimum absolute atomic E-state index is 0.0617. The molecule has 2 heteroatoms. The first-order valence-corrected chi connectivity index (χ1v) is 7.46. The molecular formula is C17H20O2. The largest absolute Gasteiger partial charge is 0.481 e. The predicted molar refractivity (Wildman–Crippen MR) is 72.8 cm³/mol. The van der Waals surface area contributed by atoms with E-state index >= 15 is 0 Å². The summed E-state index contributed by atoms with van der Waals surface area (Å²) in [5, 5.41) is 9.50. The Balaban J connectivity index is 1.73. The Hall–Kier alpha value is -1.31. The van der Waals surface area contributed by atoms with Crippen LogP contribution in [-0.4, -0.2) is 11.1 Å². The molecule has 100 valence electrons. The first-order valence-electron chi connectivity index (χ1n) is 7.46. The van der Waals surface area contributed by atoms with Gasteiger partial charge in [-0.15, -0.1) is 0 Å². The molecule has 0 radical (unpaired) electrons. The second-order valence-corrected chi connectivity index (χ2v) is 6.98. The zero-order valence-corrected chi connectivity index (χ0v) is 11.1. The summed E-state index contributed by atoms with van der Waals surface area (Å²) < 4.78 is 0. The number of carbonyl (C=O) groups is 1. The topological polar surface area (TPSA) is 37.3 Å². The monoisotopic (exact) mass is 256 g/mol. The SMILES string of the molecule is O=C(O)C1C2CC3CC1CC(c1ccccc1)(C3)C2. The van der Waals surface area contributed by atoms with E-state index in [1.165, 1.54) is 12.0 Å². The maximum Gasteiger partial charge on any atom is 0.307 e. The third-order valence-corrected chi connectivity index (χ3v) is 5.94. The summed E-state index contributed by atoms with van der Waals surface area (Å²) in [7, 11) is 0. The molecule has 4 bridgehead atoms. The smallest absolute Gasteiger partial charge is 0.307 e. The Morgan fingerprint density at radius 1 is 1.05 bits per heavy atom. The highest BCUT2D eigenvalue weighted by molar-refractivity contribution is 5.71. The average Bonchev–Trinajstić information content (AvgIpc) is 2.38. The Morgan fingerprint density at radius 2 is 1.68 bits per heavy atom. The van der Waals surface area contributed by atoms with Gasteiger partial charge in [0.05, 0.1) is 5.92 Å². The lowest BCUT2D eigenvalue weighted by molar-refractivity contribution is -0.157. The van der Waals surface area contributed by atoms with Crippen molar-refractivity contribution in [3.63, 3.8) is 0 Å². The van der Waals surface area contributed by atoms with Crippen molar-refractivity contribution >= 4 is 5.97 Å². The van der Waals surface area contributed by atoms with Crippen molar-refractivity contribution in [2.75, 3.05) is 0 Å². The highest BCUT2D eigenvalue weighted by atomic mass is 16.4. The van der Waals surface area contributed by atoms with Gasteiger partial charge in [0.1, 0.15) is 0 Å². The first-order chi connectivity index (χ1) is 9.18. The maximum atomic E-state index is 11.5.